The third kappa shape index (κ3) is 3.87. The highest BCUT2D eigenvalue weighted by atomic mass is 16.5. The Morgan fingerprint density at radius 2 is 1.80 bits per heavy atom. The van der Waals surface area contributed by atoms with Crippen molar-refractivity contribution in [1.29, 1.82) is 0 Å². The molecule has 0 bridgehead atoms. The third-order valence-electron chi connectivity index (χ3n) is 5.79. The van der Waals surface area contributed by atoms with Crippen molar-refractivity contribution in [2.24, 2.45) is 0 Å². The number of hydrogen-bond acceptors (Lipinski definition) is 7. The number of amides is 1. The summed E-state index contributed by atoms with van der Waals surface area (Å²) in [6.07, 6.45) is 6.56. The molecule has 0 fully saturated rings. The molecule has 0 aliphatic heterocycles. The van der Waals surface area contributed by atoms with Gasteiger partial charge in [0.2, 0.25) is 11.5 Å². The first-order valence-corrected chi connectivity index (χ1v) is 10.8. The molecule has 9 nitrogen and oxygen atoms in total. The Bertz CT molecular complexity index is 1470. The molecular formula is C26H22N6O3. The summed E-state index contributed by atoms with van der Waals surface area (Å²) in [7, 11) is 2.96. The van der Waals surface area contributed by atoms with Gasteiger partial charge >= 0.3 is 0 Å². The summed E-state index contributed by atoms with van der Waals surface area (Å²) in [6, 6.07) is 18.6. The number of benzene rings is 2. The van der Waals surface area contributed by atoms with E-state index in [-0.39, 0.29) is 5.88 Å². The number of imidazole rings is 1. The van der Waals surface area contributed by atoms with Crippen LogP contribution in [-0.2, 0) is 15.1 Å². The largest absolute Gasteiger partial charge is 0.480 e. The van der Waals surface area contributed by atoms with Crippen molar-refractivity contribution >= 4 is 22.5 Å². The first kappa shape index (κ1) is 22.2. The number of carbonyl (C=O) groups is 1. The van der Waals surface area contributed by atoms with Crippen molar-refractivity contribution in [2.45, 2.75) is 5.60 Å². The zero-order valence-electron chi connectivity index (χ0n) is 19.1. The van der Waals surface area contributed by atoms with Crippen LogP contribution in [0.4, 0.5) is 5.69 Å². The lowest BCUT2D eigenvalue weighted by molar-refractivity contribution is -0.134. The number of nitrogens with zero attached hydrogens (tertiary/aromatic N) is 4. The molecule has 3 aromatic heterocycles. The van der Waals surface area contributed by atoms with E-state index in [4.69, 9.17) is 9.47 Å². The van der Waals surface area contributed by atoms with Crippen LogP contribution < -0.4 is 10.1 Å². The van der Waals surface area contributed by atoms with Crippen LogP contribution in [0.2, 0.25) is 0 Å². The highest BCUT2D eigenvalue weighted by molar-refractivity contribution is 6.02. The minimum absolute atomic E-state index is 0.255. The van der Waals surface area contributed by atoms with Gasteiger partial charge in [0.15, 0.2) is 5.82 Å². The van der Waals surface area contributed by atoms with Crippen molar-refractivity contribution < 1.29 is 14.3 Å². The number of pyridine rings is 1. The monoisotopic (exact) mass is 466 g/mol. The fourth-order valence-corrected chi connectivity index (χ4v) is 4.11. The van der Waals surface area contributed by atoms with Gasteiger partial charge in [-0.15, -0.1) is 0 Å². The first-order valence-electron chi connectivity index (χ1n) is 10.8. The summed E-state index contributed by atoms with van der Waals surface area (Å²) in [5.41, 5.74) is 1.78. The standard InChI is InChI=1S/C26H22N6O3/c1-34-23-22(14-17(15-29-23)20-16-30-32-21-11-7-6-10-19(20)21)31-25(33)26(35-2,24-27-12-13-28-24)18-8-4-3-5-9-18/h3-16H,1-2H3,(H,27,28)(H,31,33)/t26-/m0/s1. The van der Waals surface area contributed by atoms with Crippen molar-refractivity contribution in [2.75, 3.05) is 19.5 Å². The maximum absolute atomic E-state index is 13.9. The van der Waals surface area contributed by atoms with E-state index in [0.717, 1.165) is 22.0 Å². The fourth-order valence-electron chi connectivity index (χ4n) is 4.11. The molecule has 9 heteroatoms. The summed E-state index contributed by atoms with van der Waals surface area (Å²) in [5.74, 6) is 0.137. The molecule has 1 atom stereocenters. The Morgan fingerprint density at radius 1 is 1.00 bits per heavy atom. The van der Waals surface area contributed by atoms with Gasteiger partial charge in [0.05, 0.1) is 18.8 Å². The summed E-state index contributed by atoms with van der Waals surface area (Å²) in [4.78, 5) is 25.7. The Hall–Kier alpha value is -4.63. The molecule has 0 aliphatic rings. The average molecular weight is 467 g/mol. The number of aromatic amines is 1. The maximum Gasteiger partial charge on any atom is 0.269 e. The van der Waals surface area contributed by atoms with E-state index < -0.39 is 11.5 Å². The van der Waals surface area contributed by atoms with Crippen LogP contribution in [0.3, 0.4) is 0 Å². The van der Waals surface area contributed by atoms with Gasteiger partial charge in [-0.05, 0) is 12.1 Å². The SMILES string of the molecule is COc1ncc(-c2cnnc3ccccc23)cc1NC(=O)[C@](OC)(c1ccccc1)c1ncc[nH]1. The van der Waals surface area contributed by atoms with Crippen LogP contribution in [0.1, 0.15) is 11.4 Å². The average Bonchev–Trinajstić information content (AvgIpc) is 3.45. The molecule has 0 spiro atoms. The quantitative estimate of drug-likeness (QED) is 0.373. The predicted molar refractivity (Wildman–Crippen MR) is 131 cm³/mol. The lowest BCUT2D eigenvalue weighted by Crippen LogP contribution is -2.44. The number of H-pyrrole nitrogens is 1. The highest BCUT2D eigenvalue weighted by Gasteiger charge is 2.45. The first-order chi connectivity index (χ1) is 17.2. The van der Waals surface area contributed by atoms with Gasteiger partial charge in [-0.2, -0.15) is 10.2 Å². The summed E-state index contributed by atoms with van der Waals surface area (Å²) < 4.78 is 11.3. The Kier molecular flexibility index (Phi) is 5.90. The van der Waals surface area contributed by atoms with Crippen LogP contribution in [0.25, 0.3) is 22.0 Å². The number of nitrogens with one attached hydrogen (secondary N) is 2. The molecule has 2 aromatic carbocycles. The number of carbonyl (C=O) groups excluding carboxylic acids is 1. The molecule has 174 valence electrons. The van der Waals surface area contributed by atoms with Gasteiger partial charge in [-0.25, -0.2) is 9.97 Å². The van der Waals surface area contributed by atoms with E-state index in [2.05, 4.69) is 30.5 Å². The van der Waals surface area contributed by atoms with E-state index in [1.54, 1.807) is 30.9 Å². The number of anilines is 1. The molecule has 35 heavy (non-hydrogen) atoms. The summed E-state index contributed by atoms with van der Waals surface area (Å²) >= 11 is 0. The van der Waals surface area contributed by atoms with Gasteiger partial charge in [-0.3, -0.25) is 4.79 Å². The van der Waals surface area contributed by atoms with Gasteiger partial charge in [0.25, 0.3) is 5.91 Å². The summed E-state index contributed by atoms with van der Waals surface area (Å²) in [5, 5.41) is 12.2. The predicted octanol–water partition coefficient (Wildman–Crippen LogP) is 3.95. The van der Waals surface area contributed by atoms with Gasteiger partial charge in [0.1, 0.15) is 5.69 Å². The number of fused-ring (bicyclic) bond motifs is 1. The van der Waals surface area contributed by atoms with Crippen molar-refractivity contribution in [3.8, 4) is 17.0 Å². The molecule has 1 amide bonds. The third-order valence-corrected chi connectivity index (χ3v) is 5.79. The molecule has 2 N–H and O–H groups in total. The Morgan fingerprint density at radius 3 is 2.54 bits per heavy atom. The zero-order valence-corrected chi connectivity index (χ0v) is 19.1. The molecular weight excluding hydrogens is 444 g/mol. The molecule has 0 saturated carbocycles. The highest BCUT2D eigenvalue weighted by Crippen LogP contribution is 2.36. The van der Waals surface area contributed by atoms with Crippen LogP contribution in [0.5, 0.6) is 5.88 Å². The maximum atomic E-state index is 13.9. The summed E-state index contributed by atoms with van der Waals surface area (Å²) in [6.45, 7) is 0. The molecule has 5 rings (SSSR count). The molecule has 3 heterocycles. The Balaban J connectivity index is 1.60. The van der Waals surface area contributed by atoms with Crippen molar-refractivity contribution in [1.82, 2.24) is 25.1 Å². The smallest absolute Gasteiger partial charge is 0.269 e. The minimum atomic E-state index is -1.53. The second-order valence-corrected chi connectivity index (χ2v) is 7.70. The molecule has 0 radical (unpaired) electrons. The second-order valence-electron chi connectivity index (χ2n) is 7.70. The minimum Gasteiger partial charge on any atom is -0.480 e. The van der Waals surface area contributed by atoms with Gasteiger partial charge in [-0.1, -0.05) is 48.5 Å². The fraction of sp³-hybridized carbons (Fsp3) is 0.115. The number of methoxy groups -OCH3 is 2. The number of hydrogen-bond donors (Lipinski definition) is 2. The Labute approximate surface area is 201 Å². The topological polar surface area (TPSA) is 115 Å². The molecule has 0 unspecified atom stereocenters. The van der Waals surface area contributed by atoms with E-state index in [0.29, 0.717) is 17.1 Å². The zero-order chi connectivity index (χ0) is 24.3. The van der Waals surface area contributed by atoms with Crippen LogP contribution in [0.15, 0.2) is 85.5 Å². The molecule has 0 saturated heterocycles. The number of aromatic nitrogens is 5. The molecule has 5 aromatic rings. The van der Waals surface area contributed by atoms with Crippen molar-refractivity contribution in [3.05, 3.63) is 96.8 Å². The van der Waals surface area contributed by atoms with Gasteiger partial charge in [0, 0.05) is 47.8 Å². The second kappa shape index (κ2) is 9.32. The van der Waals surface area contributed by atoms with Crippen LogP contribution in [-0.4, -0.2) is 45.3 Å². The van der Waals surface area contributed by atoms with Crippen LogP contribution in [0, 0.1) is 0 Å². The lowest BCUT2D eigenvalue weighted by Gasteiger charge is -2.30. The normalized spacial score (nSPS) is 12.7. The van der Waals surface area contributed by atoms with E-state index in [1.165, 1.54) is 14.2 Å². The number of rotatable bonds is 7. The number of ether oxygens (including phenoxy) is 2. The van der Waals surface area contributed by atoms with Crippen molar-refractivity contribution in [3.63, 3.8) is 0 Å². The lowest BCUT2D eigenvalue weighted by atomic mass is 9.91. The van der Waals surface area contributed by atoms with Crippen LogP contribution >= 0.6 is 0 Å². The van der Waals surface area contributed by atoms with E-state index in [9.17, 15) is 4.79 Å². The van der Waals surface area contributed by atoms with Gasteiger partial charge < -0.3 is 19.8 Å². The van der Waals surface area contributed by atoms with E-state index in [1.807, 2.05) is 54.6 Å². The molecule has 0 aliphatic carbocycles. The van der Waals surface area contributed by atoms with E-state index >= 15 is 0 Å².